The molecule has 27 heavy (non-hydrogen) atoms. The fourth-order valence-corrected chi connectivity index (χ4v) is 3.93. The van der Waals surface area contributed by atoms with Gasteiger partial charge in [-0.2, -0.15) is 4.52 Å². The molecular formula is C18H26N6O3. The number of carbonyl (C=O) groups is 1. The Bertz CT molecular complexity index is 801. The maximum Gasteiger partial charge on any atom is 0.231 e. The van der Waals surface area contributed by atoms with Crippen LogP contribution < -0.4 is 4.74 Å². The number of methoxy groups -OCH3 is 1. The lowest BCUT2D eigenvalue weighted by Crippen LogP contribution is -2.50. The summed E-state index contributed by atoms with van der Waals surface area (Å²) in [6, 6.07) is 3.67. The minimum atomic E-state index is 0.0963. The van der Waals surface area contributed by atoms with E-state index in [0.29, 0.717) is 31.5 Å². The highest BCUT2D eigenvalue weighted by Gasteiger charge is 2.29. The van der Waals surface area contributed by atoms with Crippen LogP contribution in [0.15, 0.2) is 12.1 Å². The highest BCUT2D eigenvalue weighted by Crippen LogP contribution is 2.27. The first kappa shape index (κ1) is 18.1. The van der Waals surface area contributed by atoms with Crippen molar-refractivity contribution in [1.29, 1.82) is 0 Å². The maximum absolute atomic E-state index is 11.6. The van der Waals surface area contributed by atoms with Gasteiger partial charge in [0, 0.05) is 38.5 Å². The van der Waals surface area contributed by atoms with Crippen LogP contribution in [0.25, 0.3) is 5.65 Å². The Hall–Kier alpha value is -2.26. The van der Waals surface area contributed by atoms with Crippen molar-refractivity contribution in [3.05, 3.63) is 18.0 Å². The average Bonchev–Trinajstić information content (AvgIpc) is 3.12. The third-order valence-corrected chi connectivity index (χ3v) is 5.47. The third-order valence-electron chi connectivity index (χ3n) is 5.47. The zero-order valence-electron chi connectivity index (χ0n) is 15.9. The molecule has 0 spiro atoms. The van der Waals surface area contributed by atoms with Crippen LogP contribution in [0.5, 0.6) is 5.88 Å². The lowest BCUT2D eigenvalue weighted by Gasteiger charge is -2.37. The third kappa shape index (κ3) is 3.89. The SMILES string of the molecule is COc1ccc2nnc(C3CCN(CC4CN(C(C)=O)CCO4)CC3)n2n1. The van der Waals surface area contributed by atoms with Crippen molar-refractivity contribution in [1.82, 2.24) is 29.6 Å². The Morgan fingerprint density at radius 3 is 2.81 bits per heavy atom. The van der Waals surface area contributed by atoms with E-state index in [9.17, 15) is 4.79 Å². The molecule has 2 fully saturated rings. The minimum Gasteiger partial charge on any atom is -0.480 e. The van der Waals surface area contributed by atoms with E-state index in [4.69, 9.17) is 9.47 Å². The van der Waals surface area contributed by atoms with Gasteiger partial charge in [0.05, 0.1) is 19.8 Å². The van der Waals surface area contributed by atoms with Crippen molar-refractivity contribution < 1.29 is 14.3 Å². The Morgan fingerprint density at radius 1 is 1.26 bits per heavy atom. The molecule has 0 bridgehead atoms. The molecule has 2 aromatic rings. The molecule has 0 aromatic carbocycles. The van der Waals surface area contributed by atoms with Crippen LogP contribution in [0.4, 0.5) is 0 Å². The summed E-state index contributed by atoms with van der Waals surface area (Å²) in [6.07, 6.45) is 2.10. The van der Waals surface area contributed by atoms with Gasteiger partial charge in [0.2, 0.25) is 11.8 Å². The van der Waals surface area contributed by atoms with E-state index in [1.165, 1.54) is 0 Å². The summed E-state index contributed by atoms with van der Waals surface area (Å²) in [7, 11) is 1.61. The topological polar surface area (TPSA) is 85.1 Å². The molecule has 1 amide bonds. The first-order valence-electron chi connectivity index (χ1n) is 9.50. The molecule has 1 atom stereocenters. The minimum absolute atomic E-state index is 0.0963. The number of likely N-dealkylation sites (tertiary alicyclic amines) is 1. The van der Waals surface area contributed by atoms with Crippen molar-refractivity contribution in [3.63, 3.8) is 0 Å². The van der Waals surface area contributed by atoms with Gasteiger partial charge in [0.25, 0.3) is 0 Å². The molecule has 2 aliphatic rings. The molecule has 0 saturated carbocycles. The number of piperidine rings is 1. The van der Waals surface area contributed by atoms with E-state index in [-0.39, 0.29) is 12.0 Å². The second-order valence-electron chi connectivity index (χ2n) is 7.24. The standard InChI is InChI=1S/C18H26N6O3/c1-13(25)23-9-10-27-15(12-23)11-22-7-5-14(6-8-22)18-20-19-16-3-4-17(26-2)21-24(16)18/h3-4,14-15H,5-12H2,1-2H3. The van der Waals surface area contributed by atoms with Crippen LogP contribution in [-0.4, -0.2) is 88.1 Å². The monoisotopic (exact) mass is 374 g/mol. The van der Waals surface area contributed by atoms with Crippen LogP contribution in [-0.2, 0) is 9.53 Å². The average molecular weight is 374 g/mol. The van der Waals surface area contributed by atoms with Gasteiger partial charge >= 0.3 is 0 Å². The van der Waals surface area contributed by atoms with Gasteiger partial charge in [-0.15, -0.1) is 15.3 Å². The van der Waals surface area contributed by atoms with Gasteiger partial charge in [-0.25, -0.2) is 0 Å². The van der Waals surface area contributed by atoms with E-state index in [0.717, 1.165) is 43.9 Å². The Balaban J connectivity index is 1.36. The molecule has 0 aliphatic carbocycles. The van der Waals surface area contributed by atoms with E-state index in [1.54, 1.807) is 24.6 Å². The van der Waals surface area contributed by atoms with Gasteiger partial charge in [-0.3, -0.25) is 4.79 Å². The number of aromatic nitrogens is 4. The molecule has 2 saturated heterocycles. The Morgan fingerprint density at radius 2 is 2.07 bits per heavy atom. The van der Waals surface area contributed by atoms with Crippen LogP contribution >= 0.6 is 0 Å². The predicted molar refractivity (Wildman–Crippen MR) is 97.7 cm³/mol. The molecule has 146 valence electrons. The first-order valence-corrected chi connectivity index (χ1v) is 9.50. The number of ether oxygens (including phenoxy) is 2. The second-order valence-corrected chi connectivity index (χ2v) is 7.24. The van der Waals surface area contributed by atoms with E-state index < -0.39 is 0 Å². The van der Waals surface area contributed by atoms with Crippen molar-refractivity contribution in [2.24, 2.45) is 0 Å². The molecule has 0 radical (unpaired) electrons. The normalized spacial score (nSPS) is 22.3. The fraction of sp³-hybridized carbons (Fsp3) is 0.667. The van der Waals surface area contributed by atoms with E-state index in [1.807, 2.05) is 11.0 Å². The lowest BCUT2D eigenvalue weighted by molar-refractivity contribution is -0.137. The number of hydrogen-bond acceptors (Lipinski definition) is 7. The molecule has 4 heterocycles. The Labute approximate surface area is 158 Å². The van der Waals surface area contributed by atoms with Gasteiger partial charge < -0.3 is 19.3 Å². The molecule has 0 N–H and O–H groups in total. The number of morpholine rings is 1. The molecule has 4 rings (SSSR count). The number of rotatable bonds is 4. The predicted octanol–water partition coefficient (Wildman–Crippen LogP) is 0.560. The van der Waals surface area contributed by atoms with Crippen LogP contribution in [0.3, 0.4) is 0 Å². The maximum atomic E-state index is 11.6. The van der Waals surface area contributed by atoms with Gasteiger partial charge in [-0.05, 0) is 32.0 Å². The molecule has 9 nitrogen and oxygen atoms in total. The van der Waals surface area contributed by atoms with Crippen molar-refractivity contribution in [2.45, 2.75) is 31.8 Å². The van der Waals surface area contributed by atoms with Crippen molar-refractivity contribution in [2.75, 3.05) is 46.4 Å². The number of hydrogen-bond donors (Lipinski definition) is 0. The summed E-state index contributed by atoms with van der Waals surface area (Å²) < 4.78 is 12.9. The van der Waals surface area contributed by atoms with E-state index in [2.05, 4.69) is 20.2 Å². The van der Waals surface area contributed by atoms with Crippen LogP contribution in [0.1, 0.15) is 31.5 Å². The molecule has 2 aliphatic heterocycles. The van der Waals surface area contributed by atoms with Gasteiger partial charge in [-0.1, -0.05) is 0 Å². The zero-order valence-corrected chi connectivity index (χ0v) is 15.9. The smallest absolute Gasteiger partial charge is 0.231 e. The van der Waals surface area contributed by atoms with Crippen molar-refractivity contribution in [3.8, 4) is 5.88 Å². The van der Waals surface area contributed by atoms with Crippen LogP contribution in [0.2, 0.25) is 0 Å². The second kappa shape index (κ2) is 7.77. The summed E-state index contributed by atoms with van der Waals surface area (Å²) >= 11 is 0. The van der Waals surface area contributed by atoms with E-state index >= 15 is 0 Å². The summed E-state index contributed by atoms with van der Waals surface area (Å²) in [5, 5.41) is 13.1. The number of carbonyl (C=O) groups excluding carboxylic acids is 1. The quantitative estimate of drug-likeness (QED) is 0.773. The zero-order chi connectivity index (χ0) is 18.8. The van der Waals surface area contributed by atoms with Gasteiger partial charge in [0.15, 0.2) is 11.5 Å². The van der Waals surface area contributed by atoms with Gasteiger partial charge in [0.1, 0.15) is 0 Å². The summed E-state index contributed by atoms with van der Waals surface area (Å²) in [4.78, 5) is 15.9. The van der Waals surface area contributed by atoms with Crippen LogP contribution in [0, 0.1) is 0 Å². The number of amides is 1. The summed E-state index contributed by atoms with van der Waals surface area (Å²) in [5.41, 5.74) is 0.744. The summed E-state index contributed by atoms with van der Waals surface area (Å²) in [5.74, 6) is 1.92. The fourth-order valence-electron chi connectivity index (χ4n) is 3.93. The van der Waals surface area contributed by atoms with Crippen molar-refractivity contribution >= 4 is 11.6 Å². The Kier molecular flexibility index (Phi) is 5.22. The molecule has 1 unspecified atom stereocenters. The first-order chi connectivity index (χ1) is 13.1. The molecular weight excluding hydrogens is 348 g/mol. The highest BCUT2D eigenvalue weighted by molar-refractivity contribution is 5.73. The molecule has 9 heteroatoms. The molecule has 2 aromatic heterocycles. The number of nitrogens with zero attached hydrogens (tertiary/aromatic N) is 6. The summed E-state index contributed by atoms with van der Waals surface area (Å²) in [6.45, 7) is 6.45. The highest BCUT2D eigenvalue weighted by atomic mass is 16.5. The number of fused-ring (bicyclic) bond motifs is 1. The lowest BCUT2D eigenvalue weighted by atomic mass is 9.96. The largest absolute Gasteiger partial charge is 0.480 e.